The first-order chi connectivity index (χ1) is 13.2. The van der Waals surface area contributed by atoms with Crippen LogP contribution >= 0.6 is 15.9 Å². The van der Waals surface area contributed by atoms with E-state index < -0.39 is 5.60 Å². The Bertz CT molecular complexity index is 593. The van der Waals surface area contributed by atoms with Gasteiger partial charge in [0, 0.05) is 25.5 Å². The monoisotopic (exact) mass is 475 g/mol. The van der Waals surface area contributed by atoms with Crippen molar-refractivity contribution in [2.24, 2.45) is 5.41 Å². The van der Waals surface area contributed by atoms with Gasteiger partial charge < -0.3 is 10.1 Å². The third kappa shape index (κ3) is 22.4. The molecule has 8 heteroatoms. The van der Waals surface area contributed by atoms with Crippen LogP contribution in [0.25, 0.3) is 0 Å². The van der Waals surface area contributed by atoms with E-state index in [1.54, 1.807) is 0 Å². The molecule has 0 fully saturated rings. The third-order valence-corrected chi connectivity index (χ3v) is 4.05. The maximum absolute atomic E-state index is 12.0. The number of carbonyl (C=O) groups excluding carboxylic acids is 5. The van der Waals surface area contributed by atoms with Crippen molar-refractivity contribution in [3.63, 3.8) is 0 Å². The molecule has 0 aliphatic heterocycles. The number of amides is 1. The number of carbonyl (C=O) groups is 3. The van der Waals surface area contributed by atoms with Gasteiger partial charge in [-0.2, -0.15) is 9.59 Å². The summed E-state index contributed by atoms with van der Waals surface area (Å²) in [7, 11) is 0. The van der Waals surface area contributed by atoms with Crippen LogP contribution in [0, 0.1) is 5.41 Å². The summed E-state index contributed by atoms with van der Waals surface area (Å²) >= 11 is 3.16. The van der Waals surface area contributed by atoms with Gasteiger partial charge in [-0.1, -0.05) is 20.8 Å². The summed E-state index contributed by atoms with van der Waals surface area (Å²) in [6.07, 6.45) is 5.20. The van der Waals surface area contributed by atoms with E-state index in [1.807, 2.05) is 20.8 Å². The fraction of sp³-hybridized carbons (Fsp3) is 0.714. The molecule has 0 aromatic heterocycles. The van der Waals surface area contributed by atoms with Crippen molar-refractivity contribution in [2.75, 3.05) is 6.54 Å². The highest BCUT2D eigenvalue weighted by molar-refractivity contribution is 9.12. The van der Waals surface area contributed by atoms with Crippen molar-refractivity contribution in [2.45, 2.75) is 85.7 Å². The number of ether oxygens (including phenoxy) is 1. The van der Waals surface area contributed by atoms with Crippen LogP contribution in [0.2, 0.25) is 0 Å². The van der Waals surface area contributed by atoms with Crippen LogP contribution in [0.3, 0.4) is 0 Å². The number of hydrogen-bond acceptors (Lipinski definition) is 6. The lowest BCUT2D eigenvalue weighted by Gasteiger charge is -2.19. The Labute approximate surface area is 182 Å². The van der Waals surface area contributed by atoms with E-state index in [9.17, 15) is 14.4 Å². The zero-order valence-corrected chi connectivity index (χ0v) is 19.9. The summed E-state index contributed by atoms with van der Waals surface area (Å²) in [6, 6.07) is 0. The largest absolute Gasteiger partial charge is 0.460 e. The lowest BCUT2D eigenvalue weighted by atomic mass is 9.91. The number of unbranched alkanes of at least 4 members (excludes halogenated alkanes) is 1. The van der Waals surface area contributed by atoms with Crippen molar-refractivity contribution in [3.05, 3.63) is 10.6 Å². The second-order valence-electron chi connectivity index (χ2n) is 8.75. The first kappa shape index (κ1) is 29.4. The summed E-state index contributed by atoms with van der Waals surface area (Å²) in [5.41, 5.74) is -0.241. The molecule has 1 N–H and O–H groups in total. The van der Waals surface area contributed by atoms with Gasteiger partial charge in [0.15, 0.2) is 5.78 Å². The van der Waals surface area contributed by atoms with E-state index >= 15 is 0 Å². The molecule has 0 saturated carbocycles. The molecule has 166 valence electrons. The summed E-state index contributed by atoms with van der Waals surface area (Å²) in [5.74, 6) is -0.666. The maximum atomic E-state index is 12.0. The maximum Gasteiger partial charge on any atom is 0.373 e. The molecule has 0 aromatic rings. The second kappa shape index (κ2) is 15.1. The van der Waals surface area contributed by atoms with E-state index in [2.05, 4.69) is 42.0 Å². The first-order valence-electron chi connectivity index (χ1n) is 9.61. The second-order valence-corrected chi connectivity index (χ2v) is 9.60. The highest BCUT2D eigenvalue weighted by Crippen LogP contribution is 2.19. The Morgan fingerprint density at radius 3 is 1.97 bits per heavy atom. The number of ketones is 1. The van der Waals surface area contributed by atoms with E-state index in [-0.39, 0.29) is 40.1 Å². The predicted octanol–water partition coefficient (Wildman–Crippen LogP) is 4.10. The van der Waals surface area contributed by atoms with Gasteiger partial charge in [-0.05, 0) is 67.8 Å². The number of rotatable bonds is 10. The Kier molecular flexibility index (Phi) is 15.3. The van der Waals surface area contributed by atoms with Gasteiger partial charge in [0.1, 0.15) is 5.60 Å². The van der Waals surface area contributed by atoms with Crippen molar-refractivity contribution in [1.82, 2.24) is 5.32 Å². The number of allylic oxidation sites excluding steroid dienone is 1. The van der Waals surface area contributed by atoms with E-state index in [1.165, 1.54) is 6.08 Å². The Morgan fingerprint density at radius 1 is 0.966 bits per heavy atom. The molecule has 0 heterocycles. The highest BCUT2D eigenvalue weighted by atomic mass is 79.9. The minimum Gasteiger partial charge on any atom is -0.460 e. The van der Waals surface area contributed by atoms with Crippen LogP contribution < -0.4 is 5.32 Å². The fourth-order valence-corrected chi connectivity index (χ4v) is 2.55. The minimum atomic E-state index is -0.487. The third-order valence-electron chi connectivity index (χ3n) is 3.38. The van der Waals surface area contributed by atoms with Gasteiger partial charge in [-0.3, -0.25) is 14.4 Å². The van der Waals surface area contributed by atoms with Gasteiger partial charge in [0.25, 0.3) is 0 Å². The van der Waals surface area contributed by atoms with Crippen LogP contribution in [0.15, 0.2) is 10.6 Å². The standard InChI is InChI=1S/C20H34BrNO4.CO2/c1-19(2,3)12-9-13-22-17(24)14-15(21)16(23)10-7-8-11-18(25)26-20(4,5)6;2-1-3/h14H,7-13H2,1-6H3,(H,22,24);/b15-14-;. The van der Waals surface area contributed by atoms with Gasteiger partial charge in [0.05, 0.1) is 4.48 Å². The molecule has 0 rings (SSSR count). The molecule has 0 aliphatic carbocycles. The predicted molar refractivity (Wildman–Crippen MR) is 113 cm³/mol. The zero-order valence-electron chi connectivity index (χ0n) is 18.4. The zero-order chi connectivity index (χ0) is 23.1. The molecular formula is C21H34BrNO6. The summed E-state index contributed by atoms with van der Waals surface area (Å²) < 4.78 is 5.48. The number of nitrogens with one attached hydrogen (secondary N) is 1. The molecule has 0 bridgehead atoms. The summed E-state index contributed by atoms with van der Waals surface area (Å²) in [5, 5.41) is 2.79. The fourth-order valence-electron chi connectivity index (χ4n) is 2.14. The molecule has 29 heavy (non-hydrogen) atoms. The van der Waals surface area contributed by atoms with Crippen LogP contribution in [0.5, 0.6) is 0 Å². The lowest BCUT2D eigenvalue weighted by Crippen LogP contribution is -2.24. The van der Waals surface area contributed by atoms with Crippen molar-refractivity contribution in [1.29, 1.82) is 0 Å². The molecule has 7 nitrogen and oxygen atoms in total. The molecular weight excluding hydrogens is 442 g/mol. The Hall–Kier alpha value is -1.79. The number of esters is 1. The average Bonchev–Trinajstić information content (AvgIpc) is 2.53. The normalized spacial score (nSPS) is 11.6. The topological polar surface area (TPSA) is 107 Å². The van der Waals surface area contributed by atoms with Crippen molar-refractivity contribution in [3.8, 4) is 0 Å². The van der Waals surface area contributed by atoms with E-state index in [4.69, 9.17) is 14.3 Å². The molecule has 1 amide bonds. The minimum absolute atomic E-state index is 0.140. The van der Waals surface area contributed by atoms with E-state index in [0.29, 0.717) is 25.8 Å². The Morgan fingerprint density at radius 2 is 1.48 bits per heavy atom. The van der Waals surface area contributed by atoms with Crippen LogP contribution in [-0.4, -0.2) is 36.0 Å². The number of hydrogen-bond donors (Lipinski definition) is 1. The highest BCUT2D eigenvalue weighted by Gasteiger charge is 2.16. The number of Topliss-reactive ketones (excluding diaryl/α,β-unsaturated/α-hetero) is 1. The van der Waals surface area contributed by atoms with Crippen molar-refractivity contribution < 1.29 is 28.7 Å². The smallest absolute Gasteiger partial charge is 0.373 e. The molecule has 0 saturated heterocycles. The molecule has 0 aromatic carbocycles. The lowest BCUT2D eigenvalue weighted by molar-refractivity contribution is -0.191. The SMILES string of the molecule is CC(C)(C)CCCNC(=O)/C=C(\Br)C(=O)CCCCC(=O)OC(C)(C)C.O=C=O. The van der Waals surface area contributed by atoms with Gasteiger partial charge in [0.2, 0.25) is 5.91 Å². The van der Waals surface area contributed by atoms with Crippen LogP contribution in [0.1, 0.15) is 80.1 Å². The van der Waals surface area contributed by atoms with E-state index in [0.717, 1.165) is 12.8 Å². The number of halogens is 1. The molecule has 0 unspecified atom stereocenters. The quantitative estimate of drug-likeness (QED) is 0.289. The summed E-state index contributed by atoms with van der Waals surface area (Å²) in [6.45, 7) is 12.5. The molecule has 0 radical (unpaired) electrons. The summed E-state index contributed by atoms with van der Waals surface area (Å²) in [4.78, 5) is 51.6. The van der Waals surface area contributed by atoms with Crippen LogP contribution in [0.4, 0.5) is 0 Å². The molecule has 0 spiro atoms. The van der Waals surface area contributed by atoms with Gasteiger partial charge >= 0.3 is 12.1 Å². The molecule has 0 aliphatic rings. The van der Waals surface area contributed by atoms with Crippen LogP contribution in [-0.2, 0) is 28.7 Å². The van der Waals surface area contributed by atoms with Gasteiger partial charge in [-0.15, -0.1) is 0 Å². The van der Waals surface area contributed by atoms with Gasteiger partial charge in [-0.25, -0.2) is 0 Å². The average molecular weight is 476 g/mol. The molecule has 0 atom stereocenters. The first-order valence-corrected chi connectivity index (χ1v) is 10.4. The van der Waals surface area contributed by atoms with Crippen molar-refractivity contribution >= 4 is 39.7 Å². The Balaban J connectivity index is 0.